The van der Waals surface area contributed by atoms with E-state index >= 15 is 0 Å². The van der Waals surface area contributed by atoms with Crippen LogP contribution in [0, 0.1) is 0 Å². The fourth-order valence-corrected chi connectivity index (χ4v) is 3.75. The van der Waals surface area contributed by atoms with E-state index in [1.807, 2.05) is 54.6 Å². The Hall–Kier alpha value is -4.32. The molecule has 6 nitrogen and oxygen atoms in total. The quantitative estimate of drug-likeness (QED) is 0.231. The standard InChI is InChI=1S/C29H29N5O/c1-4-24-14-13-23(19-31-24)26(30-3)17-16-25(35)15-12-21-8-7-9-22(18-21)20(2)32-29-33-27-10-5-6-11-28(27)34-29/h5-11,13-14,16-19H,2,4,12,15H2,1,3H3,(H2,32,33,34)/b17-16-,30-26?. The lowest BCUT2D eigenvalue weighted by Crippen LogP contribution is -2.02. The van der Waals surface area contributed by atoms with Crippen molar-refractivity contribution >= 4 is 34.2 Å². The molecule has 0 aliphatic carbocycles. The zero-order chi connectivity index (χ0) is 24.6. The van der Waals surface area contributed by atoms with E-state index in [-0.39, 0.29) is 5.78 Å². The lowest BCUT2D eigenvalue weighted by molar-refractivity contribution is -0.114. The molecule has 2 aromatic carbocycles. The van der Waals surface area contributed by atoms with Crippen LogP contribution in [0.25, 0.3) is 16.7 Å². The van der Waals surface area contributed by atoms with Crippen LogP contribution in [-0.2, 0) is 17.6 Å². The predicted molar refractivity (Wildman–Crippen MR) is 144 cm³/mol. The second-order valence-electron chi connectivity index (χ2n) is 8.21. The maximum absolute atomic E-state index is 12.5. The number of H-pyrrole nitrogens is 1. The summed E-state index contributed by atoms with van der Waals surface area (Å²) in [7, 11) is 1.72. The molecule has 0 saturated carbocycles. The molecule has 0 spiro atoms. The van der Waals surface area contributed by atoms with Crippen LogP contribution in [0.1, 0.15) is 35.7 Å². The second-order valence-corrected chi connectivity index (χ2v) is 8.21. The van der Waals surface area contributed by atoms with Crippen molar-refractivity contribution in [1.82, 2.24) is 15.0 Å². The fourth-order valence-electron chi connectivity index (χ4n) is 3.75. The SMILES string of the molecule is C=C(Nc1nc2ccccc2[nH]1)c1cccc(CCC(=O)/C=C\C(=NC)c2ccc(CC)nc2)c1. The van der Waals surface area contributed by atoms with Gasteiger partial charge in [-0.1, -0.05) is 43.8 Å². The van der Waals surface area contributed by atoms with Gasteiger partial charge in [0.05, 0.1) is 16.7 Å². The molecule has 0 atom stereocenters. The number of aromatic amines is 1. The highest BCUT2D eigenvalue weighted by atomic mass is 16.1. The molecule has 4 rings (SSSR count). The van der Waals surface area contributed by atoms with Crippen molar-refractivity contribution in [2.45, 2.75) is 26.2 Å². The van der Waals surface area contributed by atoms with Crippen molar-refractivity contribution in [2.75, 3.05) is 12.4 Å². The van der Waals surface area contributed by atoms with E-state index in [0.29, 0.717) is 18.8 Å². The fraction of sp³-hybridized carbons (Fsp3) is 0.172. The average Bonchev–Trinajstić information content (AvgIpc) is 3.30. The number of aryl methyl sites for hydroxylation is 2. The van der Waals surface area contributed by atoms with Gasteiger partial charge in [-0.05, 0) is 66.5 Å². The molecular formula is C29H29N5O. The molecule has 6 heteroatoms. The normalized spacial score (nSPS) is 11.8. The van der Waals surface area contributed by atoms with Crippen molar-refractivity contribution in [2.24, 2.45) is 4.99 Å². The molecule has 2 aromatic heterocycles. The van der Waals surface area contributed by atoms with Crippen LogP contribution >= 0.6 is 0 Å². The molecule has 35 heavy (non-hydrogen) atoms. The van der Waals surface area contributed by atoms with Crippen molar-refractivity contribution < 1.29 is 4.79 Å². The molecule has 2 N–H and O–H groups in total. The number of nitrogens with one attached hydrogen (secondary N) is 2. The first-order chi connectivity index (χ1) is 17.1. The maximum Gasteiger partial charge on any atom is 0.205 e. The predicted octanol–water partition coefficient (Wildman–Crippen LogP) is 5.78. The highest BCUT2D eigenvalue weighted by molar-refractivity contribution is 6.11. The van der Waals surface area contributed by atoms with E-state index in [2.05, 4.69) is 44.8 Å². The smallest absolute Gasteiger partial charge is 0.205 e. The number of nitrogens with zero attached hydrogens (tertiary/aromatic N) is 3. The number of carbonyl (C=O) groups is 1. The number of allylic oxidation sites excluding steroid dienone is 2. The molecule has 2 heterocycles. The van der Waals surface area contributed by atoms with E-state index in [1.54, 1.807) is 25.4 Å². The van der Waals surface area contributed by atoms with E-state index in [4.69, 9.17) is 0 Å². The Kier molecular flexibility index (Phi) is 7.63. The summed E-state index contributed by atoms with van der Waals surface area (Å²) in [6, 6.07) is 19.9. The van der Waals surface area contributed by atoms with Crippen LogP contribution in [0.4, 0.5) is 5.95 Å². The first-order valence-corrected chi connectivity index (χ1v) is 11.7. The van der Waals surface area contributed by atoms with Crippen LogP contribution < -0.4 is 5.32 Å². The monoisotopic (exact) mass is 463 g/mol. The minimum absolute atomic E-state index is 0.0499. The Balaban J connectivity index is 1.34. The van der Waals surface area contributed by atoms with Gasteiger partial charge in [-0.25, -0.2) is 4.98 Å². The first-order valence-electron chi connectivity index (χ1n) is 11.7. The van der Waals surface area contributed by atoms with E-state index in [1.165, 1.54) is 0 Å². The van der Waals surface area contributed by atoms with Crippen molar-refractivity contribution in [3.63, 3.8) is 0 Å². The topological polar surface area (TPSA) is 83.0 Å². The summed E-state index contributed by atoms with van der Waals surface area (Å²) in [6.07, 6.45) is 7.10. The van der Waals surface area contributed by atoms with Gasteiger partial charge in [0, 0.05) is 36.6 Å². The van der Waals surface area contributed by atoms with Crippen LogP contribution in [0.2, 0.25) is 0 Å². The Morgan fingerprint density at radius 3 is 2.69 bits per heavy atom. The lowest BCUT2D eigenvalue weighted by Gasteiger charge is -2.09. The van der Waals surface area contributed by atoms with E-state index in [9.17, 15) is 4.79 Å². The summed E-state index contributed by atoms with van der Waals surface area (Å²) in [6.45, 7) is 6.22. The molecular weight excluding hydrogens is 434 g/mol. The van der Waals surface area contributed by atoms with Crippen LogP contribution in [0.5, 0.6) is 0 Å². The Morgan fingerprint density at radius 1 is 1.09 bits per heavy atom. The van der Waals surface area contributed by atoms with Gasteiger partial charge in [0.15, 0.2) is 5.78 Å². The van der Waals surface area contributed by atoms with Gasteiger partial charge in [-0.2, -0.15) is 0 Å². The number of aliphatic imine (C=N–C) groups is 1. The summed E-state index contributed by atoms with van der Waals surface area (Å²) in [5, 5.41) is 3.24. The molecule has 0 radical (unpaired) electrons. The van der Waals surface area contributed by atoms with Crippen LogP contribution in [0.3, 0.4) is 0 Å². The second kappa shape index (κ2) is 11.2. The number of aromatic nitrogens is 3. The van der Waals surface area contributed by atoms with Crippen LogP contribution in [-0.4, -0.2) is 33.5 Å². The number of anilines is 1. The van der Waals surface area contributed by atoms with Crippen molar-refractivity contribution in [1.29, 1.82) is 0 Å². The summed E-state index contributed by atoms with van der Waals surface area (Å²) in [5.74, 6) is 0.698. The number of para-hydroxylation sites is 2. The molecule has 4 aromatic rings. The number of imidazole rings is 1. The van der Waals surface area contributed by atoms with Gasteiger partial charge < -0.3 is 10.3 Å². The maximum atomic E-state index is 12.5. The van der Waals surface area contributed by atoms with Crippen molar-refractivity contribution in [3.05, 3.63) is 108 Å². The average molecular weight is 464 g/mol. The van der Waals surface area contributed by atoms with Gasteiger partial charge >= 0.3 is 0 Å². The third kappa shape index (κ3) is 6.18. The number of carbonyl (C=O) groups excluding carboxylic acids is 1. The van der Waals surface area contributed by atoms with Gasteiger partial charge in [-0.15, -0.1) is 0 Å². The Morgan fingerprint density at radius 2 is 1.94 bits per heavy atom. The first kappa shape index (κ1) is 23.8. The van der Waals surface area contributed by atoms with E-state index < -0.39 is 0 Å². The largest absolute Gasteiger partial charge is 0.326 e. The number of pyridine rings is 1. The highest BCUT2D eigenvalue weighted by Gasteiger charge is 2.07. The van der Waals surface area contributed by atoms with Gasteiger partial charge in [0.2, 0.25) is 5.95 Å². The minimum atomic E-state index is 0.0499. The zero-order valence-electron chi connectivity index (χ0n) is 20.1. The third-order valence-electron chi connectivity index (χ3n) is 5.74. The number of rotatable bonds is 10. The zero-order valence-corrected chi connectivity index (χ0v) is 20.1. The molecule has 0 aliphatic heterocycles. The minimum Gasteiger partial charge on any atom is -0.326 e. The lowest BCUT2D eigenvalue weighted by atomic mass is 10.0. The summed E-state index contributed by atoms with van der Waals surface area (Å²) in [5.41, 5.74) is 7.29. The van der Waals surface area contributed by atoms with E-state index in [0.717, 1.165) is 51.2 Å². The Labute approximate surface area is 205 Å². The molecule has 0 aliphatic rings. The number of fused-ring (bicyclic) bond motifs is 1. The number of ketones is 1. The van der Waals surface area contributed by atoms with Gasteiger partial charge in [-0.3, -0.25) is 14.8 Å². The third-order valence-corrected chi connectivity index (χ3v) is 5.74. The van der Waals surface area contributed by atoms with Gasteiger partial charge in [0.25, 0.3) is 0 Å². The molecule has 0 amide bonds. The summed E-state index contributed by atoms with van der Waals surface area (Å²) >= 11 is 0. The number of hydrogen-bond donors (Lipinski definition) is 2. The Bertz CT molecular complexity index is 1360. The number of benzene rings is 2. The summed E-state index contributed by atoms with van der Waals surface area (Å²) in [4.78, 5) is 29.0. The van der Waals surface area contributed by atoms with Crippen molar-refractivity contribution in [3.8, 4) is 0 Å². The van der Waals surface area contributed by atoms with Gasteiger partial charge in [0.1, 0.15) is 0 Å². The molecule has 0 bridgehead atoms. The number of hydrogen-bond acceptors (Lipinski definition) is 5. The highest BCUT2D eigenvalue weighted by Crippen LogP contribution is 2.20. The molecule has 176 valence electrons. The molecule has 0 saturated heterocycles. The molecule has 0 unspecified atom stereocenters. The molecule has 0 fully saturated rings. The van der Waals surface area contributed by atoms with Crippen LogP contribution in [0.15, 0.2) is 90.6 Å². The summed E-state index contributed by atoms with van der Waals surface area (Å²) < 4.78 is 0.